The molecular weight excluding hydrogens is 199 g/mol. The summed E-state index contributed by atoms with van der Waals surface area (Å²) in [4.78, 5) is 10.6. The van der Waals surface area contributed by atoms with Gasteiger partial charge in [-0.3, -0.25) is 4.79 Å². The molecule has 0 amide bonds. The van der Waals surface area contributed by atoms with E-state index in [2.05, 4.69) is 0 Å². The third-order valence-electron chi connectivity index (χ3n) is 1.41. The summed E-state index contributed by atoms with van der Waals surface area (Å²) in [5.41, 5.74) is 0.0451. The summed E-state index contributed by atoms with van der Waals surface area (Å²) in [6.45, 7) is 0. The van der Waals surface area contributed by atoms with Crippen LogP contribution in [0.2, 0.25) is 5.02 Å². The highest BCUT2D eigenvalue weighted by molar-refractivity contribution is 7.98. The molecule has 0 radical (unpaired) electrons. The number of benzene rings is 1. The van der Waals surface area contributed by atoms with Crippen molar-refractivity contribution in [1.29, 1.82) is 0 Å². The van der Waals surface area contributed by atoms with E-state index in [9.17, 15) is 9.18 Å². The largest absolute Gasteiger partial charge is 0.298 e. The molecule has 0 N–H and O–H groups in total. The smallest absolute Gasteiger partial charge is 0.153 e. The standard InChI is InChI=1S/C8H6ClFOS/c1-12-8-6(9)3-2-5(4-11)7(8)10/h2-4H,1H3. The summed E-state index contributed by atoms with van der Waals surface area (Å²) in [6.07, 6.45) is 2.18. The predicted octanol–water partition coefficient (Wildman–Crippen LogP) is 3.01. The maximum Gasteiger partial charge on any atom is 0.153 e. The first-order chi connectivity index (χ1) is 5.70. The van der Waals surface area contributed by atoms with Crippen molar-refractivity contribution in [1.82, 2.24) is 0 Å². The van der Waals surface area contributed by atoms with E-state index in [1.165, 1.54) is 23.9 Å². The first kappa shape index (κ1) is 9.55. The lowest BCUT2D eigenvalue weighted by molar-refractivity contribution is 0.111. The Bertz CT molecular complexity index is 314. The lowest BCUT2D eigenvalue weighted by Crippen LogP contribution is -1.90. The van der Waals surface area contributed by atoms with Crippen molar-refractivity contribution >= 4 is 29.6 Å². The van der Waals surface area contributed by atoms with Crippen LogP contribution >= 0.6 is 23.4 Å². The van der Waals surface area contributed by atoms with Gasteiger partial charge in [-0.15, -0.1) is 11.8 Å². The number of thioether (sulfide) groups is 1. The van der Waals surface area contributed by atoms with Gasteiger partial charge in [-0.25, -0.2) is 4.39 Å². The van der Waals surface area contributed by atoms with Crippen LogP contribution in [0.15, 0.2) is 17.0 Å². The Morgan fingerprint density at radius 2 is 2.25 bits per heavy atom. The molecule has 0 heterocycles. The van der Waals surface area contributed by atoms with Gasteiger partial charge in [0.1, 0.15) is 5.82 Å². The van der Waals surface area contributed by atoms with Crippen molar-refractivity contribution in [2.75, 3.05) is 6.26 Å². The maximum atomic E-state index is 13.2. The van der Waals surface area contributed by atoms with Crippen LogP contribution < -0.4 is 0 Å². The molecule has 0 aliphatic rings. The number of rotatable bonds is 2. The van der Waals surface area contributed by atoms with Gasteiger partial charge >= 0.3 is 0 Å². The second-order valence-corrected chi connectivity index (χ2v) is 3.33. The second-order valence-electron chi connectivity index (χ2n) is 2.10. The van der Waals surface area contributed by atoms with E-state index in [0.717, 1.165) is 0 Å². The highest BCUT2D eigenvalue weighted by atomic mass is 35.5. The van der Waals surface area contributed by atoms with E-state index < -0.39 is 5.82 Å². The van der Waals surface area contributed by atoms with E-state index in [0.29, 0.717) is 16.2 Å². The Balaban J connectivity index is 3.33. The quantitative estimate of drug-likeness (QED) is 0.544. The Labute approximate surface area is 78.9 Å². The van der Waals surface area contributed by atoms with Crippen LogP contribution in [0, 0.1) is 5.82 Å². The van der Waals surface area contributed by atoms with Crippen molar-refractivity contribution < 1.29 is 9.18 Å². The molecule has 1 nitrogen and oxygen atoms in total. The normalized spacial score (nSPS) is 9.92. The molecule has 64 valence electrons. The fourth-order valence-electron chi connectivity index (χ4n) is 0.826. The molecule has 0 saturated heterocycles. The molecule has 0 spiro atoms. The van der Waals surface area contributed by atoms with Crippen LogP contribution in [-0.2, 0) is 0 Å². The van der Waals surface area contributed by atoms with Crippen molar-refractivity contribution in [2.45, 2.75) is 4.90 Å². The van der Waals surface area contributed by atoms with Crippen LogP contribution in [0.3, 0.4) is 0 Å². The molecule has 0 atom stereocenters. The van der Waals surface area contributed by atoms with Gasteiger partial charge in [0, 0.05) is 0 Å². The highest BCUT2D eigenvalue weighted by Gasteiger charge is 2.10. The van der Waals surface area contributed by atoms with Crippen molar-refractivity contribution in [3.05, 3.63) is 28.5 Å². The van der Waals surface area contributed by atoms with Gasteiger partial charge in [0.05, 0.1) is 15.5 Å². The number of carbonyl (C=O) groups is 1. The third-order valence-corrected chi connectivity index (χ3v) is 2.64. The Kier molecular flexibility index (Phi) is 3.12. The molecule has 0 aliphatic carbocycles. The third kappa shape index (κ3) is 1.62. The first-order valence-corrected chi connectivity index (χ1v) is 4.78. The number of halogens is 2. The first-order valence-electron chi connectivity index (χ1n) is 3.18. The van der Waals surface area contributed by atoms with E-state index in [1.54, 1.807) is 6.26 Å². The molecule has 0 aliphatic heterocycles. The molecule has 1 rings (SSSR count). The molecule has 0 fully saturated rings. The van der Waals surface area contributed by atoms with Crippen molar-refractivity contribution in [3.63, 3.8) is 0 Å². The average Bonchev–Trinajstić information content (AvgIpc) is 2.06. The predicted molar refractivity (Wildman–Crippen MR) is 48.6 cm³/mol. The zero-order valence-corrected chi connectivity index (χ0v) is 7.88. The van der Waals surface area contributed by atoms with Crippen LogP contribution in [0.25, 0.3) is 0 Å². The van der Waals surface area contributed by atoms with Gasteiger partial charge < -0.3 is 0 Å². The molecule has 12 heavy (non-hydrogen) atoms. The van der Waals surface area contributed by atoms with E-state index in [-0.39, 0.29) is 5.56 Å². The number of carbonyl (C=O) groups excluding carboxylic acids is 1. The summed E-state index contributed by atoms with van der Waals surface area (Å²) in [7, 11) is 0. The second kappa shape index (κ2) is 3.92. The minimum absolute atomic E-state index is 0.0451. The fraction of sp³-hybridized carbons (Fsp3) is 0.125. The zero-order valence-electron chi connectivity index (χ0n) is 6.30. The van der Waals surface area contributed by atoms with Gasteiger partial charge in [-0.1, -0.05) is 11.6 Å². The van der Waals surface area contributed by atoms with Gasteiger partial charge in [-0.2, -0.15) is 0 Å². The lowest BCUT2D eigenvalue weighted by atomic mass is 10.2. The monoisotopic (exact) mass is 204 g/mol. The van der Waals surface area contributed by atoms with Gasteiger partial charge in [-0.05, 0) is 18.4 Å². The molecule has 4 heteroatoms. The molecule has 0 bridgehead atoms. The van der Waals surface area contributed by atoms with Crippen LogP contribution in [0.4, 0.5) is 4.39 Å². The molecule has 0 aromatic heterocycles. The molecule has 0 unspecified atom stereocenters. The van der Waals surface area contributed by atoms with Crippen molar-refractivity contribution in [2.24, 2.45) is 0 Å². The fourth-order valence-corrected chi connectivity index (χ4v) is 1.76. The van der Waals surface area contributed by atoms with Crippen molar-refractivity contribution in [3.8, 4) is 0 Å². The summed E-state index contributed by atoms with van der Waals surface area (Å²) in [5, 5.41) is 0.339. The van der Waals surface area contributed by atoms with Crippen LogP contribution in [-0.4, -0.2) is 12.5 Å². The zero-order chi connectivity index (χ0) is 9.14. The lowest BCUT2D eigenvalue weighted by Gasteiger charge is -2.02. The van der Waals surface area contributed by atoms with Gasteiger partial charge in [0.25, 0.3) is 0 Å². The Hall–Kier alpha value is -0.540. The minimum atomic E-state index is -0.537. The molecular formula is C8H6ClFOS. The van der Waals surface area contributed by atoms with E-state index in [4.69, 9.17) is 11.6 Å². The minimum Gasteiger partial charge on any atom is -0.298 e. The SMILES string of the molecule is CSc1c(Cl)ccc(C=O)c1F. The van der Waals surface area contributed by atoms with Gasteiger partial charge in [0.15, 0.2) is 6.29 Å². The topological polar surface area (TPSA) is 17.1 Å². The number of hydrogen-bond donors (Lipinski definition) is 0. The molecule has 1 aromatic rings. The molecule has 0 saturated carbocycles. The highest BCUT2D eigenvalue weighted by Crippen LogP contribution is 2.29. The average molecular weight is 205 g/mol. The van der Waals surface area contributed by atoms with E-state index in [1.807, 2.05) is 0 Å². The summed E-state index contributed by atoms with van der Waals surface area (Å²) in [5.74, 6) is -0.537. The Morgan fingerprint density at radius 1 is 1.58 bits per heavy atom. The summed E-state index contributed by atoms with van der Waals surface area (Å²) < 4.78 is 13.2. The number of aldehydes is 1. The summed E-state index contributed by atoms with van der Waals surface area (Å²) >= 11 is 6.87. The van der Waals surface area contributed by atoms with E-state index >= 15 is 0 Å². The van der Waals surface area contributed by atoms with Gasteiger partial charge in [0.2, 0.25) is 0 Å². The molecule has 1 aromatic carbocycles. The Morgan fingerprint density at radius 3 is 2.75 bits per heavy atom. The number of hydrogen-bond acceptors (Lipinski definition) is 2. The maximum absolute atomic E-state index is 13.2. The van der Waals surface area contributed by atoms with Crippen LogP contribution in [0.5, 0.6) is 0 Å². The van der Waals surface area contributed by atoms with Crippen LogP contribution in [0.1, 0.15) is 10.4 Å². The summed E-state index contributed by atoms with van der Waals surface area (Å²) in [6, 6.07) is 2.88.